The number of carbonyl (C=O) groups is 2. The van der Waals surface area contributed by atoms with E-state index in [1.165, 1.54) is 22.8 Å². The molecule has 1 aromatic carbocycles. The van der Waals surface area contributed by atoms with E-state index in [2.05, 4.69) is 5.32 Å². The Morgan fingerprint density at radius 2 is 1.88 bits per heavy atom. The van der Waals surface area contributed by atoms with E-state index in [4.69, 9.17) is 14.6 Å². The number of amides is 1. The lowest BCUT2D eigenvalue weighted by atomic mass is 10.1. The standard InChI is InChI=1S/C17H17NO5S/c19-16(18-15-9-12(10-24-15)17(20)21)11-1-3-13(4-2-11)23-14-5-7-22-8-6-14/h1-4,9-10,14H,5-8H2,(H,18,19)(H,20,21). The van der Waals surface area contributed by atoms with Crippen LogP contribution in [0.5, 0.6) is 5.75 Å². The molecule has 3 rings (SSSR count). The highest BCUT2D eigenvalue weighted by atomic mass is 32.1. The summed E-state index contributed by atoms with van der Waals surface area (Å²) < 4.78 is 11.2. The van der Waals surface area contributed by atoms with Crippen molar-refractivity contribution in [2.75, 3.05) is 18.5 Å². The van der Waals surface area contributed by atoms with Gasteiger partial charge in [0.25, 0.3) is 5.91 Å². The molecule has 0 spiro atoms. The Hall–Kier alpha value is -2.38. The fourth-order valence-corrected chi connectivity index (χ4v) is 3.14. The van der Waals surface area contributed by atoms with E-state index >= 15 is 0 Å². The number of rotatable bonds is 5. The maximum Gasteiger partial charge on any atom is 0.336 e. The molecule has 126 valence electrons. The lowest BCUT2D eigenvalue weighted by Gasteiger charge is -2.23. The van der Waals surface area contributed by atoms with Crippen molar-refractivity contribution in [2.24, 2.45) is 0 Å². The number of aromatic carboxylic acids is 1. The molecular formula is C17H17NO5S. The Balaban J connectivity index is 1.59. The Labute approximate surface area is 143 Å². The van der Waals surface area contributed by atoms with Crippen molar-refractivity contribution in [1.82, 2.24) is 0 Å². The highest BCUT2D eigenvalue weighted by Crippen LogP contribution is 2.22. The molecule has 0 unspecified atom stereocenters. The first-order valence-electron chi connectivity index (χ1n) is 7.59. The van der Waals surface area contributed by atoms with Gasteiger partial charge in [-0.25, -0.2) is 4.79 Å². The van der Waals surface area contributed by atoms with Crippen LogP contribution in [0.4, 0.5) is 5.00 Å². The summed E-state index contributed by atoms with van der Waals surface area (Å²) in [5, 5.41) is 13.6. The quantitative estimate of drug-likeness (QED) is 0.867. The highest BCUT2D eigenvalue weighted by Gasteiger charge is 2.16. The number of hydrogen-bond acceptors (Lipinski definition) is 5. The van der Waals surface area contributed by atoms with E-state index in [1.54, 1.807) is 24.3 Å². The van der Waals surface area contributed by atoms with Crippen LogP contribution in [-0.4, -0.2) is 36.3 Å². The van der Waals surface area contributed by atoms with Gasteiger partial charge in [0, 0.05) is 23.8 Å². The van der Waals surface area contributed by atoms with Crippen molar-refractivity contribution in [3.05, 3.63) is 46.8 Å². The third-order valence-electron chi connectivity index (χ3n) is 3.67. The van der Waals surface area contributed by atoms with Crippen LogP contribution < -0.4 is 10.1 Å². The predicted molar refractivity (Wildman–Crippen MR) is 90.1 cm³/mol. The highest BCUT2D eigenvalue weighted by molar-refractivity contribution is 7.14. The van der Waals surface area contributed by atoms with Crippen molar-refractivity contribution in [3.63, 3.8) is 0 Å². The molecule has 1 fully saturated rings. The van der Waals surface area contributed by atoms with Gasteiger partial charge < -0.3 is 19.9 Å². The lowest BCUT2D eigenvalue weighted by Crippen LogP contribution is -2.25. The fraction of sp³-hybridized carbons (Fsp3) is 0.294. The van der Waals surface area contributed by atoms with Gasteiger partial charge in [-0.1, -0.05) is 0 Å². The molecule has 1 saturated heterocycles. The summed E-state index contributed by atoms with van der Waals surface area (Å²) in [6.07, 6.45) is 1.89. The number of thiophene rings is 1. The first kappa shape index (κ1) is 16.5. The molecule has 7 heteroatoms. The number of carboxylic acids is 1. The second kappa shape index (κ2) is 7.46. The van der Waals surface area contributed by atoms with Gasteiger partial charge in [-0.3, -0.25) is 4.79 Å². The molecule has 2 heterocycles. The Bertz CT molecular complexity index is 719. The summed E-state index contributed by atoms with van der Waals surface area (Å²) in [4.78, 5) is 23.0. The maximum atomic E-state index is 12.2. The maximum absolute atomic E-state index is 12.2. The second-order valence-electron chi connectivity index (χ2n) is 5.41. The summed E-state index contributed by atoms with van der Waals surface area (Å²) in [7, 11) is 0. The third kappa shape index (κ3) is 4.12. The second-order valence-corrected chi connectivity index (χ2v) is 6.32. The molecule has 24 heavy (non-hydrogen) atoms. The first-order valence-corrected chi connectivity index (χ1v) is 8.47. The number of carbonyl (C=O) groups excluding carboxylic acids is 1. The summed E-state index contributed by atoms with van der Waals surface area (Å²) in [6.45, 7) is 1.43. The number of nitrogens with one attached hydrogen (secondary N) is 1. The van der Waals surface area contributed by atoms with Gasteiger partial charge in [-0.2, -0.15) is 0 Å². The van der Waals surface area contributed by atoms with Crippen LogP contribution in [0.25, 0.3) is 0 Å². The minimum atomic E-state index is -1.01. The van der Waals surface area contributed by atoms with Crippen molar-refractivity contribution >= 4 is 28.2 Å². The summed E-state index contributed by atoms with van der Waals surface area (Å²) >= 11 is 1.18. The normalized spacial score (nSPS) is 15.0. The van der Waals surface area contributed by atoms with Gasteiger partial charge in [0.05, 0.1) is 23.8 Å². The zero-order valence-corrected chi connectivity index (χ0v) is 13.7. The van der Waals surface area contributed by atoms with Crippen molar-refractivity contribution < 1.29 is 24.2 Å². The predicted octanol–water partition coefficient (Wildman–Crippen LogP) is 3.26. The Morgan fingerprint density at radius 3 is 2.50 bits per heavy atom. The summed E-state index contributed by atoms with van der Waals surface area (Å²) in [6, 6.07) is 8.35. The topological polar surface area (TPSA) is 84.9 Å². The molecule has 0 saturated carbocycles. The van der Waals surface area contributed by atoms with Crippen molar-refractivity contribution in [1.29, 1.82) is 0 Å². The van der Waals surface area contributed by atoms with Crippen molar-refractivity contribution in [2.45, 2.75) is 18.9 Å². The number of ether oxygens (including phenoxy) is 2. The van der Waals surface area contributed by atoms with E-state index in [0.717, 1.165) is 18.6 Å². The number of carboxylic acid groups (broad SMARTS) is 1. The van der Waals surface area contributed by atoms with Crippen LogP contribution in [0.3, 0.4) is 0 Å². The van der Waals surface area contributed by atoms with Gasteiger partial charge in [0.15, 0.2) is 0 Å². The Kier molecular flexibility index (Phi) is 5.12. The van der Waals surface area contributed by atoms with Crippen LogP contribution >= 0.6 is 11.3 Å². The molecule has 0 atom stereocenters. The number of anilines is 1. The molecule has 1 aliphatic rings. The third-order valence-corrected chi connectivity index (χ3v) is 4.52. The monoisotopic (exact) mass is 347 g/mol. The zero-order valence-electron chi connectivity index (χ0n) is 12.9. The van der Waals surface area contributed by atoms with Gasteiger partial charge >= 0.3 is 5.97 Å². The molecule has 2 N–H and O–H groups in total. The minimum absolute atomic E-state index is 0.152. The molecule has 1 aromatic heterocycles. The van der Waals surface area contributed by atoms with Gasteiger partial charge in [-0.05, 0) is 30.3 Å². The Morgan fingerprint density at radius 1 is 1.17 bits per heavy atom. The molecule has 6 nitrogen and oxygen atoms in total. The molecule has 2 aromatic rings. The molecule has 0 radical (unpaired) electrons. The minimum Gasteiger partial charge on any atom is -0.490 e. The molecule has 1 aliphatic heterocycles. The molecule has 0 bridgehead atoms. The van der Waals surface area contributed by atoms with Gasteiger partial charge in [0.2, 0.25) is 0 Å². The van der Waals surface area contributed by atoms with Crippen LogP contribution in [-0.2, 0) is 4.74 Å². The fourth-order valence-electron chi connectivity index (χ4n) is 2.37. The van der Waals surface area contributed by atoms with Crippen LogP contribution in [0.2, 0.25) is 0 Å². The smallest absolute Gasteiger partial charge is 0.336 e. The van der Waals surface area contributed by atoms with E-state index in [1.807, 2.05) is 0 Å². The van der Waals surface area contributed by atoms with E-state index in [0.29, 0.717) is 23.8 Å². The van der Waals surface area contributed by atoms with Gasteiger partial charge in [0.1, 0.15) is 11.9 Å². The summed E-state index contributed by atoms with van der Waals surface area (Å²) in [5.74, 6) is -0.574. The summed E-state index contributed by atoms with van der Waals surface area (Å²) in [5.41, 5.74) is 0.648. The van der Waals surface area contributed by atoms with E-state index in [9.17, 15) is 9.59 Å². The average molecular weight is 347 g/mol. The molecule has 1 amide bonds. The first-order chi connectivity index (χ1) is 11.6. The average Bonchev–Trinajstić information content (AvgIpc) is 3.05. The largest absolute Gasteiger partial charge is 0.490 e. The van der Waals surface area contributed by atoms with Crippen LogP contribution in [0, 0.1) is 0 Å². The van der Waals surface area contributed by atoms with Crippen LogP contribution in [0.1, 0.15) is 33.6 Å². The van der Waals surface area contributed by atoms with Gasteiger partial charge in [-0.15, -0.1) is 11.3 Å². The zero-order chi connectivity index (χ0) is 16.9. The van der Waals surface area contributed by atoms with Crippen LogP contribution in [0.15, 0.2) is 35.7 Å². The van der Waals surface area contributed by atoms with E-state index in [-0.39, 0.29) is 17.6 Å². The van der Waals surface area contributed by atoms with Crippen molar-refractivity contribution in [3.8, 4) is 5.75 Å². The SMILES string of the molecule is O=C(O)c1csc(NC(=O)c2ccc(OC3CCOCC3)cc2)c1. The number of hydrogen-bond donors (Lipinski definition) is 2. The molecule has 0 aliphatic carbocycles. The molecular weight excluding hydrogens is 330 g/mol. The van der Waals surface area contributed by atoms with E-state index < -0.39 is 5.97 Å². The lowest BCUT2D eigenvalue weighted by molar-refractivity contribution is 0.0255. The number of benzene rings is 1.